The number of carboxylic acid groups (broad SMARTS) is 1. The van der Waals surface area contributed by atoms with Gasteiger partial charge in [-0.1, -0.05) is 13.3 Å². The molecule has 1 fully saturated rings. The molecule has 5 heteroatoms. The van der Waals surface area contributed by atoms with Crippen LogP contribution in [0.4, 0.5) is 5.82 Å². The maximum absolute atomic E-state index is 11.1. The van der Waals surface area contributed by atoms with Gasteiger partial charge in [-0.3, -0.25) is 0 Å². The lowest BCUT2D eigenvalue weighted by molar-refractivity contribution is 0.0696. The smallest absolute Gasteiger partial charge is 0.335 e. The number of carboxylic acids is 1. The molecule has 0 aromatic carbocycles. The third-order valence-electron chi connectivity index (χ3n) is 3.64. The third kappa shape index (κ3) is 3.04. The van der Waals surface area contributed by atoms with Crippen LogP contribution in [0, 0.1) is 0 Å². The predicted molar refractivity (Wildman–Crippen MR) is 72.5 cm³/mol. The molecule has 1 heterocycles. The quantitative estimate of drug-likeness (QED) is 0.732. The molecule has 1 saturated carbocycles. The SMILES string of the molecule is CCCc1cc(C(=O)O)cc(NC2(CO)CCC2)n1. The van der Waals surface area contributed by atoms with Crippen LogP contribution >= 0.6 is 0 Å². The van der Waals surface area contributed by atoms with E-state index in [4.69, 9.17) is 5.11 Å². The summed E-state index contributed by atoms with van der Waals surface area (Å²) < 4.78 is 0. The summed E-state index contributed by atoms with van der Waals surface area (Å²) in [4.78, 5) is 15.6. The molecule has 19 heavy (non-hydrogen) atoms. The van der Waals surface area contributed by atoms with Gasteiger partial charge in [-0.15, -0.1) is 0 Å². The van der Waals surface area contributed by atoms with Crippen LogP contribution in [0.25, 0.3) is 0 Å². The van der Waals surface area contributed by atoms with E-state index in [9.17, 15) is 9.90 Å². The number of pyridine rings is 1. The predicted octanol–water partition coefficient (Wildman–Crippen LogP) is 2.06. The number of aliphatic hydroxyl groups is 1. The Kier molecular flexibility index (Phi) is 4.04. The van der Waals surface area contributed by atoms with Crippen molar-refractivity contribution in [1.82, 2.24) is 4.98 Å². The topological polar surface area (TPSA) is 82.5 Å². The molecule has 1 aliphatic carbocycles. The molecule has 0 radical (unpaired) electrons. The van der Waals surface area contributed by atoms with Crippen molar-refractivity contribution in [3.05, 3.63) is 23.4 Å². The highest BCUT2D eigenvalue weighted by Gasteiger charge is 2.36. The minimum atomic E-state index is -0.950. The second-order valence-electron chi connectivity index (χ2n) is 5.20. The van der Waals surface area contributed by atoms with Crippen molar-refractivity contribution in [3.8, 4) is 0 Å². The van der Waals surface area contributed by atoms with E-state index in [-0.39, 0.29) is 17.7 Å². The molecule has 0 saturated heterocycles. The van der Waals surface area contributed by atoms with Gasteiger partial charge in [0.05, 0.1) is 17.7 Å². The summed E-state index contributed by atoms with van der Waals surface area (Å²) in [6, 6.07) is 3.15. The summed E-state index contributed by atoms with van der Waals surface area (Å²) in [7, 11) is 0. The van der Waals surface area contributed by atoms with Gasteiger partial charge in [0.2, 0.25) is 0 Å². The number of hydrogen-bond donors (Lipinski definition) is 3. The van der Waals surface area contributed by atoms with Crippen LogP contribution in [0.1, 0.15) is 48.7 Å². The molecule has 5 nitrogen and oxygen atoms in total. The molecule has 0 unspecified atom stereocenters. The number of aromatic carboxylic acids is 1. The van der Waals surface area contributed by atoms with Gasteiger partial charge in [-0.25, -0.2) is 9.78 Å². The fourth-order valence-corrected chi connectivity index (χ4v) is 2.36. The first-order valence-electron chi connectivity index (χ1n) is 6.72. The Hall–Kier alpha value is -1.62. The molecule has 2 rings (SSSR count). The van der Waals surface area contributed by atoms with Crippen molar-refractivity contribution in [3.63, 3.8) is 0 Å². The summed E-state index contributed by atoms with van der Waals surface area (Å²) in [6.07, 6.45) is 4.54. The Bertz CT molecular complexity index is 464. The molecule has 0 atom stereocenters. The van der Waals surface area contributed by atoms with Crippen LogP contribution in [0.5, 0.6) is 0 Å². The Morgan fingerprint density at radius 2 is 2.21 bits per heavy atom. The van der Waals surface area contributed by atoms with E-state index in [2.05, 4.69) is 10.3 Å². The molecule has 0 aliphatic heterocycles. The van der Waals surface area contributed by atoms with Crippen LogP contribution in [-0.2, 0) is 6.42 Å². The van der Waals surface area contributed by atoms with E-state index < -0.39 is 5.97 Å². The maximum atomic E-state index is 11.1. The Labute approximate surface area is 112 Å². The normalized spacial score (nSPS) is 16.7. The van der Waals surface area contributed by atoms with Gasteiger partial charge in [0, 0.05) is 5.69 Å². The molecular weight excluding hydrogens is 244 g/mol. The zero-order chi connectivity index (χ0) is 13.9. The van der Waals surface area contributed by atoms with Crippen molar-refractivity contribution in [1.29, 1.82) is 0 Å². The number of nitrogens with one attached hydrogen (secondary N) is 1. The first-order chi connectivity index (χ1) is 9.08. The van der Waals surface area contributed by atoms with Crippen molar-refractivity contribution in [2.24, 2.45) is 0 Å². The monoisotopic (exact) mass is 264 g/mol. The second kappa shape index (κ2) is 5.57. The molecular formula is C14H20N2O3. The minimum Gasteiger partial charge on any atom is -0.478 e. The van der Waals surface area contributed by atoms with Gasteiger partial charge in [0.1, 0.15) is 5.82 Å². The van der Waals surface area contributed by atoms with E-state index in [1.54, 1.807) is 6.07 Å². The van der Waals surface area contributed by atoms with Crippen molar-refractivity contribution in [2.45, 2.75) is 44.6 Å². The number of carbonyl (C=O) groups is 1. The molecule has 0 bridgehead atoms. The Morgan fingerprint density at radius 3 is 2.68 bits per heavy atom. The number of aliphatic hydroxyl groups excluding tert-OH is 1. The van der Waals surface area contributed by atoms with Crippen LogP contribution in [0.2, 0.25) is 0 Å². The fraction of sp³-hybridized carbons (Fsp3) is 0.571. The number of aryl methyl sites for hydroxylation is 1. The average Bonchev–Trinajstić information content (AvgIpc) is 2.34. The number of rotatable bonds is 6. The zero-order valence-corrected chi connectivity index (χ0v) is 11.1. The molecule has 0 spiro atoms. The lowest BCUT2D eigenvalue weighted by atomic mass is 9.77. The standard InChI is InChI=1S/C14H20N2O3/c1-2-4-11-7-10(13(18)19)8-12(15-11)16-14(9-17)5-3-6-14/h7-8,17H,2-6,9H2,1H3,(H,15,16)(H,18,19). The third-order valence-corrected chi connectivity index (χ3v) is 3.64. The lowest BCUT2D eigenvalue weighted by Crippen LogP contribution is -2.48. The van der Waals surface area contributed by atoms with Gasteiger partial charge in [-0.2, -0.15) is 0 Å². The first-order valence-corrected chi connectivity index (χ1v) is 6.72. The van der Waals surface area contributed by atoms with E-state index in [1.165, 1.54) is 6.07 Å². The second-order valence-corrected chi connectivity index (χ2v) is 5.20. The highest BCUT2D eigenvalue weighted by atomic mass is 16.4. The van der Waals surface area contributed by atoms with Gasteiger partial charge in [0.15, 0.2) is 0 Å². The Morgan fingerprint density at radius 1 is 1.47 bits per heavy atom. The summed E-state index contributed by atoms with van der Waals surface area (Å²) >= 11 is 0. The first kappa shape index (κ1) is 13.8. The summed E-state index contributed by atoms with van der Waals surface area (Å²) in [5.41, 5.74) is 0.707. The van der Waals surface area contributed by atoms with Crippen molar-refractivity contribution in [2.75, 3.05) is 11.9 Å². The Balaban J connectivity index is 2.25. The van der Waals surface area contributed by atoms with E-state index >= 15 is 0 Å². The largest absolute Gasteiger partial charge is 0.478 e. The molecule has 3 N–H and O–H groups in total. The van der Waals surface area contributed by atoms with Gasteiger partial charge in [-0.05, 0) is 37.8 Å². The van der Waals surface area contributed by atoms with Crippen molar-refractivity contribution >= 4 is 11.8 Å². The highest BCUT2D eigenvalue weighted by molar-refractivity contribution is 5.88. The van der Waals surface area contributed by atoms with E-state index in [0.717, 1.165) is 37.8 Å². The maximum Gasteiger partial charge on any atom is 0.335 e. The number of hydrogen-bond acceptors (Lipinski definition) is 4. The number of nitrogens with zero attached hydrogens (tertiary/aromatic N) is 1. The molecule has 1 aromatic rings. The van der Waals surface area contributed by atoms with Crippen LogP contribution < -0.4 is 5.32 Å². The number of anilines is 1. The van der Waals surface area contributed by atoms with Crippen LogP contribution in [0.3, 0.4) is 0 Å². The summed E-state index contributed by atoms with van der Waals surface area (Å²) in [5, 5.41) is 21.8. The van der Waals surface area contributed by atoms with Crippen LogP contribution in [-0.4, -0.2) is 33.3 Å². The van der Waals surface area contributed by atoms with Crippen molar-refractivity contribution < 1.29 is 15.0 Å². The van der Waals surface area contributed by atoms with E-state index in [0.29, 0.717) is 5.82 Å². The average molecular weight is 264 g/mol. The molecule has 1 aliphatic rings. The molecule has 1 aromatic heterocycles. The van der Waals surface area contributed by atoms with E-state index in [1.807, 2.05) is 6.92 Å². The zero-order valence-electron chi connectivity index (χ0n) is 11.1. The van der Waals surface area contributed by atoms with Gasteiger partial charge < -0.3 is 15.5 Å². The fourth-order valence-electron chi connectivity index (χ4n) is 2.36. The minimum absolute atomic E-state index is 0.0507. The van der Waals surface area contributed by atoms with Crippen LogP contribution in [0.15, 0.2) is 12.1 Å². The molecule has 104 valence electrons. The van der Waals surface area contributed by atoms with Gasteiger partial charge >= 0.3 is 5.97 Å². The summed E-state index contributed by atoms with van der Waals surface area (Å²) in [5.74, 6) is -0.397. The number of aromatic nitrogens is 1. The lowest BCUT2D eigenvalue weighted by Gasteiger charge is -2.41. The highest BCUT2D eigenvalue weighted by Crippen LogP contribution is 2.34. The molecule has 0 amide bonds. The summed E-state index contributed by atoms with van der Waals surface area (Å²) in [6.45, 7) is 2.08. The van der Waals surface area contributed by atoms with Gasteiger partial charge in [0.25, 0.3) is 0 Å².